The molecule has 0 spiro atoms. The molecule has 0 saturated carbocycles. The lowest BCUT2D eigenvalue weighted by atomic mass is 9.96. The average molecular weight is 379 g/mol. The maximum Gasteiger partial charge on any atom is 0.253 e. The van der Waals surface area contributed by atoms with Gasteiger partial charge in [-0.25, -0.2) is 8.78 Å². The summed E-state index contributed by atoms with van der Waals surface area (Å²) in [6.45, 7) is 0.768. The summed E-state index contributed by atoms with van der Waals surface area (Å²) in [7, 11) is 0. The lowest BCUT2D eigenvalue weighted by Crippen LogP contribution is -2.43. The van der Waals surface area contributed by atoms with Gasteiger partial charge in [-0.2, -0.15) is 0 Å². The van der Waals surface area contributed by atoms with Crippen molar-refractivity contribution >= 4 is 29.1 Å². The van der Waals surface area contributed by atoms with Crippen LogP contribution in [0.5, 0.6) is 0 Å². The van der Waals surface area contributed by atoms with Gasteiger partial charge in [0.2, 0.25) is 5.91 Å². The molecule has 1 heterocycles. The van der Waals surface area contributed by atoms with Crippen molar-refractivity contribution in [2.45, 2.75) is 12.8 Å². The summed E-state index contributed by atoms with van der Waals surface area (Å²) in [6, 6.07) is 9.42. The van der Waals surface area contributed by atoms with Gasteiger partial charge in [0.05, 0.1) is 11.6 Å². The number of carbonyl (C=O) groups is 2. The predicted octanol–water partition coefficient (Wildman–Crippen LogP) is 4.11. The number of halogens is 3. The molecular formula is C19H17ClF2N2O2. The Labute approximate surface area is 154 Å². The first-order chi connectivity index (χ1) is 12.4. The highest BCUT2D eigenvalue weighted by Gasteiger charge is 2.29. The lowest BCUT2D eigenvalue weighted by molar-refractivity contribution is -0.121. The molecule has 0 radical (unpaired) electrons. The number of hydrogen-bond acceptors (Lipinski definition) is 2. The zero-order valence-corrected chi connectivity index (χ0v) is 14.6. The number of carbonyl (C=O) groups excluding carboxylic acids is 2. The topological polar surface area (TPSA) is 49.4 Å². The van der Waals surface area contributed by atoms with E-state index in [4.69, 9.17) is 11.6 Å². The Balaban J connectivity index is 1.67. The third-order valence-electron chi connectivity index (χ3n) is 4.36. The first-order valence-electron chi connectivity index (χ1n) is 8.25. The molecule has 1 N–H and O–H groups in total. The average Bonchev–Trinajstić information content (AvgIpc) is 2.65. The Morgan fingerprint density at radius 2 is 1.85 bits per heavy atom. The van der Waals surface area contributed by atoms with Crippen LogP contribution in [-0.4, -0.2) is 29.8 Å². The highest BCUT2D eigenvalue weighted by molar-refractivity contribution is 6.30. The first-order valence-corrected chi connectivity index (χ1v) is 8.62. The maximum atomic E-state index is 13.7. The van der Waals surface area contributed by atoms with E-state index in [9.17, 15) is 18.4 Å². The molecule has 0 unspecified atom stereocenters. The molecule has 1 aliphatic heterocycles. The van der Waals surface area contributed by atoms with Gasteiger partial charge in [-0.1, -0.05) is 11.6 Å². The number of likely N-dealkylation sites (tertiary alicyclic amines) is 1. The summed E-state index contributed by atoms with van der Waals surface area (Å²) < 4.78 is 26.9. The molecule has 3 rings (SSSR count). The van der Waals surface area contributed by atoms with Crippen LogP contribution >= 0.6 is 11.6 Å². The number of anilines is 1. The maximum absolute atomic E-state index is 13.7. The van der Waals surface area contributed by atoms with Crippen LogP contribution in [0.4, 0.5) is 14.5 Å². The Bertz CT molecular complexity index is 827. The molecule has 2 amide bonds. The second-order valence-electron chi connectivity index (χ2n) is 6.21. The number of amides is 2. The standard InChI is InChI=1S/C19H17ClF2N2O2/c20-14-5-3-12(4-6-14)19(26)24-9-1-2-13(11-24)18(25)23-17-10-15(21)7-8-16(17)22/h3-8,10,13H,1-2,9,11H2,(H,23,25)/t13-/m1/s1. The molecule has 2 aromatic rings. The van der Waals surface area contributed by atoms with Gasteiger partial charge in [-0.3, -0.25) is 9.59 Å². The van der Waals surface area contributed by atoms with E-state index in [0.717, 1.165) is 18.2 Å². The van der Waals surface area contributed by atoms with Crippen molar-refractivity contribution in [2.75, 3.05) is 18.4 Å². The van der Waals surface area contributed by atoms with Crippen LogP contribution in [0, 0.1) is 17.6 Å². The molecule has 0 aromatic heterocycles. The Morgan fingerprint density at radius 1 is 1.12 bits per heavy atom. The minimum Gasteiger partial charge on any atom is -0.338 e. The van der Waals surface area contributed by atoms with Crippen LogP contribution in [0.25, 0.3) is 0 Å². The minimum absolute atomic E-state index is 0.184. The summed E-state index contributed by atoms with van der Waals surface area (Å²) in [5, 5.41) is 2.95. The Morgan fingerprint density at radius 3 is 2.58 bits per heavy atom. The molecule has 26 heavy (non-hydrogen) atoms. The molecular weight excluding hydrogens is 362 g/mol. The van der Waals surface area contributed by atoms with E-state index in [1.807, 2.05) is 0 Å². The van der Waals surface area contributed by atoms with Crippen LogP contribution in [0.2, 0.25) is 5.02 Å². The Kier molecular flexibility index (Phi) is 5.52. The lowest BCUT2D eigenvalue weighted by Gasteiger charge is -2.32. The number of rotatable bonds is 3. The SMILES string of the molecule is O=C(Nc1cc(F)ccc1F)[C@@H]1CCCN(C(=O)c2ccc(Cl)cc2)C1. The van der Waals surface area contributed by atoms with Gasteiger partial charge >= 0.3 is 0 Å². The van der Waals surface area contributed by atoms with Gasteiger partial charge in [-0.15, -0.1) is 0 Å². The molecule has 0 bridgehead atoms. The van der Waals surface area contributed by atoms with E-state index in [0.29, 0.717) is 30.0 Å². The minimum atomic E-state index is -0.704. The molecule has 4 nitrogen and oxygen atoms in total. The zero-order chi connectivity index (χ0) is 18.7. The predicted molar refractivity (Wildman–Crippen MR) is 95.1 cm³/mol. The summed E-state index contributed by atoms with van der Waals surface area (Å²) in [5.74, 6) is -2.43. The second kappa shape index (κ2) is 7.83. The first kappa shape index (κ1) is 18.3. The molecule has 136 valence electrons. The van der Waals surface area contributed by atoms with E-state index >= 15 is 0 Å². The van der Waals surface area contributed by atoms with E-state index in [1.54, 1.807) is 29.2 Å². The van der Waals surface area contributed by atoms with Crippen molar-refractivity contribution in [3.63, 3.8) is 0 Å². The summed E-state index contributed by atoms with van der Waals surface area (Å²) in [4.78, 5) is 26.6. The van der Waals surface area contributed by atoms with Crippen LogP contribution in [-0.2, 0) is 4.79 Å². The highest BCUT2D eigenvalue weighted by Crippen LogP contribution is 2.22. The molecule has 2 aromatic carbocycles. The Hall–Kier alpha value is -2.47. The molecule has 1 aliphatic rings. The summed E-state index contributed by atoms with van der Waals surface area (Å²) >= 11 is 5.83. The van der Waals surface area contributed by atoms with Gasteiger partial charge in [0, 0.05) is 29.7 Å². The fraction of sp³-hybridized carbons (Fsp3) is 0.263. The zero-order valence-electron chi connectivity index (χ0n) is 13.8. The van der Waals surface area contributed by atoms with Gasteiger partial charge < -0.3 is 10.2 Å². The summed E-state index contributed by atoms with van der Waals surface area (Å²) in [5.41, 5.74) is 0.294. The van der Waals surface area contributed by atoms with Gasteiger partial charge in [0.25, 0.3) is 5.91 Å². The normalized spacial score (nSPS) is 17.0. The monoisotopic (exact) mass is 378 g/mol. The number of nitrogens with one attached hydrogen (secondary N) is 1. The summed E-state index contributed by atoms with van der Waals surface area (Å²) in [6.07, 6.45) is 1.23. The van der Waals surface area contributed by atoms with Crippen molar-refractivity contribution in [3.05, 3.63) is 64.7 Å². The molecule has 7 heteroatoms. The van der Waals surface area contributed by atoms with E-state index < -0.39 is 23.5 Å². The van der Waals surface area contributed by atoms with E-state index in [1.165, 1.54) is 0 Å². The fourth-order valence-corrected chi connectivity index (χ4v) is 3.10. The molecule has 0 aliphatic carbocycles. The van der Waals surface area contributed by atoms with E-state index in [-0.39, 0.29) is 18.1 Å². The van der Waals surface area contributed by atoms with Crippen molar-refractivity contribution in [2.24, 2.45) is 5.92 Å². The quantitative estimate of drug-likeness (QED) is 0.873. The van der Waals surface area contributed by atoms with Crippen molar-refractivity contribution in [1.29, 1.82) is 0 Å². The van der Waals surface area contributed by atoms with Crippen LogP contribution in [0.3, 0.4) is 0 Å². The largest absolute Gasteiger partial charge is 0.338 e. The van der Waals surface area contributed by atoms with Crippen LogP contribution in [0.1, 0.15) is 23.2 Å². The van der Waals surface area contributed by atoms with Gasteiger partial charge in [0.15, 0.2) is 0 Å². The van der Waals surface area contributed by atoms with Crippen LogP contribution < -0.4 is 5.32 Å². The van der Waals surface area contributed by atoms with E-state index in [2.05, 4.69) is 5.32 Å². The third kappa shape index (κ3) is 4.19. The van der Waals surface area contributed by atoms with Gasteiger partial charge in [0.1, 0.15) is 11.6 Å². The molecule has 1 fully saturated rings. The smallest absolute Gasteiger partial charge is 0.253 e. The fourth-order valence-electron chi connectivity index (χ4n) is 2.98. The molecule has 1 saturated heterocycles. The number of nitrogens with zero attached hydrogens (tertiary/aromatic N) is 1. The second-order valence-corrected chi connectivity index (χ2v) is 6.65. The number of benzene rings is 2. The van der Waals surface area contributed by atoms with Crippen molar-refractivity contribution in [3.8, 4) is 0 Å². The van der Waals surface area contributed by atoms with Crippen molar-refractivity contribution in [1.82, 2.24) is 4.90 Å². The van der Waals surface area contributed by atoms with Gasteiger partial charge in [-0.05, 0) is 49.2 Å². The molecule has 1 atom stereocenters. The highest BCUT2D eigenvalue weighted by atomic mass is 35.5. The van der Waals surface area contributed by atoms with Crippen molar-refractivity contribution < 1.29 is 18.4 Å². The number of piperidine rings is 1. The number of hydrogen-bond donors (Lipinski definition) is 1. The third-order valence-corrected chi connectivity index (χ3v) is 4.61. The van der Waals surface area contributed by atoms with Crippen LogP contribution in [0.15, 0.2) is 42.5 Å².